The maximum atomic E-state index is 12.6. The molecule has 0 fully saturated rings. The molecule has 0 radical (unpaired) electrons. The number of nitrogens with one attached hydrogen (secondary N) is 1. The fourth-order valence-corrected chi connectivity index (χ4v) is 4.01. The van der Waals surface area contributed by atoms with Crippen LogP contribution in [-0.2, 0) is 15.3 Å². The molecule has 1 atom stereocenters. The molecular weight excluding hydrogens is 436 g/mol. The average Bonchev–Trinajstić information content (AvgIpc) is 2.77. The highest BCUT2D eigenvalue weighted by molar-refractivity contribution is 8.13. The van der Waals surface area contributed by atoms with Crippen LogP contribution in [0.25, 0.3) is 0 Å². The van der Waals surface area contributed by atoms with Gasteiger partial charge in [-0.15, -0.1) is 0 Å². The van der Waals surface area contributed by atoms with Crippen molar-refractivity contribution < 1.29 is 19.4 Å². The largest absolute Gasteiger partial charge is 0.463 e. The summed E-state index contributed by atoms with van der Waals surface area (Å²) in [6.45, 7) is 3.60. The summed E-state index contributed by atoms with van der Waals surface area (Å²) in [4.78, 5) is 38.3. The molecule has 1 aliphatic heterocycles. The highest BCUT2D eigenvalue weighted by Crippen LogP contribution is 2.34. The number of carbonyl (C=O) groups excluding carboxylic acids is 1. The van der Waals surface area contributed by atoms with Gasteiger partial charge in [-0.25, -0.2) is 9.79 Å². The fraction of sp³-hybridized carbons (Fsp3) is 0.238. The van der Waals surface area contributed by atoms with Gasteiger partial charge in [0.1, 0.15) is 6.04 Å². The number of non-ortho nitro benzene ring substituents is 2. The third-order valence-electron chi connectivity index (χ3n) is 4.63. The fourth-order valence-electron chi connectivity index (χ4n) is 3.11. The number of nitrogens with zero attached hydrogens (tertiary/aromatic N) is 3. The molecule has 1 N–H and O–H groups in total. The number of rotatable bonds is 7. The third-order valence-corrected chi connectivity index (χ3v) is 5.59. The molecule has 0 aromatic heterocycles. The lowest BCUT2D eigenvalue weighted by Crippen LogP contribution is -2.30. The highest BCUT2D eigenvalue weighted by Gasteiger charge is 2.31. The molecule has 1 aliphatic rings. The minimum Gasteiger partial charge on any atom is -0.463 e. The first-order chi connectivity index (χ1) is 15.3. The van der Waals surface area contributed by atoms with E-state index < -0.39 is 21.9 Å². The second-order valence-corrected chi connectivity index (χ2v) is 7.75. The number of hydrogen-bond donors (Lipinski definition) is 1. The van der Waals surface area contributed by atoms with Crippen LogP contribution in [0.3, 0.4) is 0 Å². The molecule has 0 saturated heterocycles. The van der Waals surface area contributed by atoms with Crippen molar-refractivity contribution >= 4 is 34.3 Å². The molecule has 32 heavy (non-hydrogen) atoms. The van der Waals surface area contributed by atoms with Crippen molar-refractivity contribution in [3.63, 3.8) is 0 Å². The zero-order valence-corrected chi connectivity index (χ0v) is 18.1. The van der Waals surface area contributed by atoms with Gasteiger partial charge in [-0.2, -0.15) is 0 Å². The maximum absolute atomic E-state index is 12.6. The zero-order valence-electron chi connectivity index (χ0n) is 17.3. The molecule has 0 spiro atoms. The molecule has 0 bridgehead atoms. The monoisotopic (exact) mass is 456 g/mol. The first-order valence-electron chi connectivity index (χ1n) is 9.63. The topological polar surface area (TPSA) is 137 Å². The Bertz CT molecular complexity index is 1110. The van der Waals surface area contributed by atoms with E-state index in [1.165, 1.54) is 36.0 Å². The standard InChI is InChI=1S/C21H20N4O6S/c1-3-31-20(26)18-13(2)22-21(32-12-14-7-9-16(10-8-14)24(27)28)23-19(18)15-5-4-6-17(11-15)25(29)30/h4-11,19H,3,12H2,1-2H3,(H,22,23). The summed E-state index contributed by atoms with van der Waals surface area (Å²) in [5.41, 5.74) is 2.09. The summed E-state index contributed by atoms with van der Waals surface area (Å²) in [5, 5.41) is 25.6. The van der Waals surface area contributed by atoms with Crippen molar-refractivity contribution in [1.82, 2.24) is 5.32 Å². The molecular formula is C21H20N4O6S. The summed E-state index contributed by atoms with van der Waals surface area (Å²) in [6, 6.07) is 11.4. The predicted octanol–water partition coefficient (Wildman–Crippen LogP) is 4.27. The van der Waals surface area contributed by atoms with Crippen LogP contribution in [0.2, 0.25) is 0 Å². The Balaban J connectivity index is 1.89. The Morgan fingerprint density at radius 2 is 1.81 bits per heavy atom. The van der Waals surface area contributed by atoms with Crippen molar-refractivity contribution in [2.75, 3.05) is 6.61 Å². The lowest BCUT2D eigenvalue weighted by atomic mass is 9.96. The van der Waals surface area contributed by atoms with Crippen LogP contribution >= 0.6 is 11.8 Å². The van der Waals surface area contributed by atoms with Crippen molar-refractivity contribution in [1.29, 1.82) is 0 Å². The number of aliphatic imine (C=N–C) groups is 1. The molecule has 1 heterocycles. The van der Waals surface area contributed by atoms with Gasteiger partial charge in [0.2, 0.25) is 0 Å². The summed E-state index contributed by atoms with van der Waals surface area (Å²) < 4.78 is 5.17. The van der Waals surface area contributed by atoms with E-state index in [-0.39, 0.29) is 23.6 Å². The Hall–Kier alpha value is -3.73. The number of nitro benzene ring substituents is 2. The summed E-state index contributed by atoms with van der Waals surface area (Å²) in [5.74, 6) is -0.0646. The molecule has 0 aliphatic carbocycles. The number of esters is 1. The molecule has 2 aromatic rings. The van der Waals surface area contributed by atoms with Gasteiger partial charge < -0.3 is 10.1 Å². The van der Waals surface area contributed by atoms with Crippen molar-refractivity contribution in [3.05, 3.63) is 91.2 Å². The van der Waals surface area contributed by atoms with Gasteiger partial charge in [0.05, 0.1) is 22.0 Å². The predicted molar refractivity (Wildman–Crippen MR) is 120 cm³/mol. The van der Waals surface area contributed by atoms with E-state index in [1.54, 1.807) is 38.1 Å². The lowest BCUT2D eigenvalue weighted by molar-refractivity contribution is -0.385. The normalized spacial score (nSPS) is 15.6. The summed E-state index contributed by atoms with van der Waals surface area (Å²) in [7, 11) is 0. The van der Waals surface area contributed by atoms with E-state index in [9.17, 15) is 25.0 Å². The van der Waals surface area contributed by atoms with E-state index >= 15 is 0 Å². The smallest absolute Gasteiger partial charge is 0.338 e. The number of allylic oxidation sites excluding steroid dienone is 1. The first kappa shape index (κ1) is 22.9. The van der Waals surface area contributed by atoms with Gasteiger partial charge in [-0.1, -0.05) is 36.0 Å². The molecule has 3 rings (SSSR count). The summed E-state index contributed by atoms with van der Waals surface area (Å²) >= 11 is 1.35. The van der Waals surface area contributed by atoms with Gasteiger partial charge in [0.15, 0.2) is 5.17 Å². The molecule has 11 heteroatoms. The van der Waals surface area contributed by atoms with Crippen molar-refractivity contribution in [2.45, 2.75) is 25.6 Å². The van der Waals surface area contributed by atoms with Crippen LogP contribution in [-0.4, -0.2) is 27.6 Å². The molecule has 1 unspecified atom stereocenters. The van der Waals surface area contributed by atoms with E-state index in [1.807, 2.05) is 0 Å². The second kappa shape index (κ2) is 10.1. The van der Waals surface area contributed by atoms with Crippen LogP contribution in [0.5, 0.6) is 0 Å². The molecule has 0 saturated carbocycles. The average molecular weight is 456 g/mol. The minimum absolute atomic E-state index is 0.00970. The zero-order chi connectivity index (χ0) is 23.3. The van der Waals surface area contributed by atoms with Gasteiger partial charge in [0.25, 0.3) is 11.4 Å². The Kier molecular flexibility index (Phi) is 7.21. The van der Waals surface area contributed by atoms with Crippen molar-refractivity contribution in [3.8, 4) is 0 Å². The number of ether oxygens (including phenoxy) is 1. The van der Waals surface area contributed by atoms with E-state index in [4.69, 9.17) is 4.74 Å². The highest BCUT2D eigenvalue weighted by atomic mass is 32.2. The van der Waals surface area contributed by atoms with Crippen LogP contribution in [0, 0.1) is 20.2 Å². The van der Waals surface area contributed by atoms with Gasteiger partial charge in [0, 0.05) is 35.7 Å². The molecule has 166 valence electrons. The molecule has 0 amide bonds. The van der Waals surface area contributed by atoms with Crippen molar-refractivity contribution in [2.24, 2.45) is 4.99 Å². The summed E-state index contributed by atoms with van der Waals surface area (Å²) in [6.07, 6.45) is 0. The Labute approximate surface area is 187 Å². The SMILES string of the molecule is CCOC(=O)C1=C(C)NC(SCc2ccc([N+](=O)[O-])cc2)=NC1c1cccc([N+](=O)[O-])c1. The Morgan fingerprint density at radius 3 is 2.44 bits per heavy atom. The van der Waals surface area contributed by atoms with Gasteiger partial charge >= 0.3 is 5.97 Å². The second-order valence-electron chi connectivity index (χ2n) is 6.79. The maximum Gasteiger partial charge on any atom is 0.338 e. The number of hydrogen-bond acceptors (Lipinski definition) is 9. The minimum atomic E-state index is -0.769. The van der Waals surface area contributed by atoms with Crippen LogP contribution in [0.15, 0.2) is 64.8 Å². The quantitative estimate of drug-likeness (QED) is 0.370. The van der Waals surface area contributed by atoms with E-state index in [0.29, 0.717) is 22.2 Å². The molecule has 2 aromatic carbocycles. The van der Waals surface area contributed by atoms with Gasteiger partial charge in [-0.05, 0) is 25.0 Å². The van der Waals surface area contributed by atoms with Gasteiger partial charge in [-0.3, -0.25) is 20.2 Å². The van der Waals surface area contributed by atoms with Crippen LogP contribution in [0.1, 0.15) is 31.0 Å². The number of nitro groups is 2. The van der Waals surface area contributed by atoms with Crippen LogP contribution in [0.4, 0.5) is 11.4 Å². The number of amidine groups is 1. The number of thioether (sulfide) groups is 1. The van der Waals surface area contributed by atoms with Crippen LogP contribution < -0.4 is 5.32 Å². The number of carbonyl (C=O) groups is 1. The third kappa shape index (κ3) is 5.30. The number of benzene rings is 2. The lowest BCUT2D eigenvalue weighted by Gasteiger charge is -2.25. The Morgan fingerprint density at radius 1 is 1.12 bits per heavy atom. The van der Waals surface area contributed by atoms with E-state index in [0.717, 1.165) is 5.56 Å². The van der Waals surface area contributed by atoms with E-state index in [2.05, 4.69) is 10.3 Å². The first-order valence-corrected chi connectivity index (χ1v) is 10.6. The molecule has 10 nitrogen and oxygen atoms in total.